The first kappa shape index (κ1) is 24.6. The maximum absolute atomic E-state index is 11.7. The summed E-state index contributed by atoms with van der Waals surface area (Å²) in [7, 11) is 0. The Bertz CT molecular complexity index is 785. The fourth-order valence-electron chi connectivity index (χ4n) is 10.8. The van der Waals surface area contributed by atoms with E-state index < -0.39 is 5.60 Å². The molecule has 1 unspecified atom stereocenters. The molecule has 0 radical (unpaired) electrons. The van der Waals surface area contributed by atoms with Crippen LogP contribution in [0.5, 0.6) is 0 Å². The minimum atomic E-state index is -0.592. The Morgan fingerprint density at radius 3 is 2.09 bits per heavy atom. The van der Waals surface area contributed by atoms with Crippen molar-refractivity contribution >= 4 is 0 Å². The topological polar surface area (TPSA) is 53.0 Å². The number of aliphatic hydroxyl groups is 2. The van der Waals surface area contributed by atoms with Gasteiger partial charge in [0.2, 0.25) is 0 Å². The number of fused-ring (bicyclic) bond motifs is 5. The van der Waals surface area contributed by atoms with Crippen LogP contribution in [0.2, 0.25) is 0 Å². The lowest BCUT2D eigenvalue weighted by molar-refractivity contribution is -0.225. The highest BCUT2D eigenvalue weighted by atomic mass is 16.6. The van der Waals surface area contributed by atoms with Gasteiger partial charge < -0.3 is 14.9 Å². The molecule has 5 aliphatic rings. The molecule has 1 saturated heterocycles. The summed E-state index contributed by atoms with van der Waals surface area (Å²) in [5.41, 5.74) is 0.429. The highest BCUT2D eigenvalue weighted by Gasteiger charge is 2.69. The van der Waals surface area contributed by atoms with E-state index in [9.17, 15) is 10.2 Å². The first-order chi connectivity index (χ1) is 15.1. The van der Waals surface area contributed by atoms with Gasteiger partial charge in [-0.3, -0.25) is 0 Å². The van der Waals surface area contributed by atoms with Crippen LogP contribution in [0.25, 0.3) is 0 Å². The van der Waals surface area contributed by atoms with Gasteiger partial charge in [0.05, 0.1) is 23.4 Å². The smallest absolute Gasteiger partial charge is 0.0892 e. The van der Waals surface area contributed by atoms with Crippen molar-refractivity contribution in [2.75, 3.05) is 0 Å². The zero-order valence-electron chi connectivity index (χ0n) is 22.8. The van der Waals surface area contributed by atoms with Crippen molar-refractivity contribution in [3.05, 3.63) is 0 Å². The van der Waals surface area contributed by atoms with E-state index in [1.165, 1.54) is 44.9 Å². The summed E-state index contributed by atoms with van der Waals surface area (Å²) in [5, 5.41) is 22.6. The lowest BCUT2D eigenvalue weighted by atomic mass is 9.35. The van der Waals surface area contributed by atoms with E-state index in [4.69, 9.17) is 4.74 Å². The van der Waals surface area contributed by atoms with Gasteiger partial charge in [-0.2, -0.15) is 0 Å². The van der Waals surface area contributed by atoms with Crippen LogP contribution in [-0.2, 0) is 4.74 Å². The quantitative estimate of drug-likeness (QED) is 0.457. The maximum atomic E-state index is 11.7. The van der Waals surface area contributed by atoms with E-state index in [2.05, 4.69) is 55.4 Å². The summed E-state index contributed by atoms with van der Waals surface area (Å²) in [6.07, 6.45) is 11.7. The van der Waals surface area contributed by atoms with Gasteiger partial charge in [-0.25, -0.2) is 0 Å². The largest absolute Gasteiger partial charge is 0.393 e. The van der Waals surface area contributed by atoms with Gasteiger partial charge in [0.25, 0.3) is 0 Å². The second kappa shape index (κ2) is 7.22. The normalized spacial score (nSPS) is 54.0. The first-order valence-electron chi connectivity index (χ1n) is 14.2. The molecule has 0 spiro atoms. The molecule has 1 aliphatic heterocycles. The van der Waals surface area contributed by atoms with E-state index in [1.807, 2.05) is 0 Å². The van der Waals surface area contributed by atoms with Gasteiger partial charge in [-0.15, -0.1) is 0 Å². The molecule has 3 heteroatoms. The maximum Gasteiger partial charge on any atom is 0.0892 e. The third-order valence-electron chi connectivity index (χ3n) is 13.3. The van der Waals surface area contributed by atoms with Gasteiger partial charge in [0.15, 0.2) is 0 Å². The molecule has 0 amide bonds. The summed E-state index contributed by atoms with van der Waals surface area (Å²) in [6, 6.07) is 0. The van der Waals surface area contributed by atoms with Crippen LogP contribution in [0.15, 0.2) is 0 Å². The Kier molecular flexibility index (Phi) is 5.38. The Balaban J connectivity index is 1.39. The number of epoxide rings is 1. The van der Waals surface area contributed by atoms with E-state index in [0.29, 0.717) is 40.1 Å². The second-order valence-electron chi connectivity index (χ2n) is 15.3. The molecule has 2 N–H and O–H groups in total. The van der Waals surface area contributed by atoms with Crippen molar-refractivity contribution in [3.63, 3.8) is 0 Å². The molecular formula is C30H52O3. The number of hydrogen-bond donors (Lipinski definition) is 2. The van der Waals surface area contributed by atoms with Crippen LogP contribution in [0.1, 0.15) is 120 Å². The van der Waals surface area contributed by atoms with E-state index in [-0.39, 0.29) is 17.1 Å². The monoisotopic (exact) mass is 460 g/mol. The van der Waals surface area contributed by atoms with Crippen LogP contribution in [0.4, 0.5) is 0 Å². The minimum Gasteiger partial charge on any atom is -0.393 e. The molecule has 0 aromatic carbocycles. The van der Waals surface area contributed by atoms with Crippen molar-refractivity contribution in [3.8, 4) is 0 Å². The van der Waals surface area contributed by atoms with Crippen molar-refractivity contribution in [2.24, 2.45) is 45.3 Å². The van der Waals surface area contributed by atoms with Gasteiger partial charge in [0, 0.05) is 0 Å². The molecule has 1 heterocycles. The van der Waals surface area contributed by atoms with Crippen LogP contribution in [-0.4, -0.2) is 33.6 Å². The average molecular weight is 461 g/mol. The third kappa shape index (κ3) is 3.30. The van der Waals surface area contributed by atoms with Gasteiger partial charge in [-0.1, -0.05) is 34.6 Å². The van der Waals surface area contributed by atoms with Crippen molar-refractivity contribution in [1.82, 2.24) is 0 Å². The van der Waals surface area contributed by atoms with E-state index in [0.717, 1.165) is 25.2 Å². The van der Waals surface area contributed by atoms with Crippen molar-refractivity contribution in [2.45, 2.75) is 143 Å². The minimum absolute atomic E-state index is 0.0151. The van der Waals surface area contributed by atoms with Crippen LogP contribution in [0, 0.1) is 45.3 Å². The Labute approximate surface area is 203 Å². The predicted molar refractivity (Wildman–Crippen MR) is 134 cm³/mol. The molecule has 5 rings (SSSR count). The summed E-state index contributed by atoms with van der Waals surface area (Å²) in [4.78, 5) is 0. The molecule has 4 aliphatic carbocycles. The van der Waals surface area contributed by atoms with Gasteiger partial charge >= 0.3 is 0 Å². The summed E-state index contributed by atoms with van der Waals surface area (Å²) >= 11 is 0. The molecule has 0 aromatic rings. The Morgan fingerprint density at radius 1 is 0.818 bits per heavy atom. The molecule has 190 valence electrons. The summed E-state index contributed by atoms with van der Waals surface area (Å²) in [6.45, 7) is 19.0. The lowest BCUT2D eigenvalue weighted by Gasteiger charge is -2.70. The highest BCUT2D eigenvalue weighted by molar-refractivity contribution is 5.18. The predicted octanol–water partition coefficient (Wildman–Crippen LogP) is 6.74. The molecule has 0 bridgehead atoms. The molecule has 4 saturated carbocycles. The zero-order valence-corrected chi connectivity index (χ0v) is 22.8. The van der Waals surface area contributed by atoms with Gasteiger partial charge in [-0.05, 0) is 130 Å². The lowest BCUT2D eigenvalue weighted by Crippen LogP contribution is -2.64. The third-order valence-corrected chi connectivity index (χ3v) is 13.3. The highest BCUT2D eigenvalue weighted by Crippen LogP contribution is 2.75. The molecule has 3 nitrogen and oxygen atoms in total. The van der Waals surface area contributed by atoms with Crippen LogP contribution in [0.3, 0.4) is 0 Å². The zero-order chi connectivity index (χ0) is 24.2. The Hall–Kier alpha value is -0.120. The molecule has 10 atom stereocenters. The van der Waals surface area contributed by atoms with Gasteiger partial charge in [0.1, 0.15) is 0 Å². The Morgan fingerprint density at radius 2 is 1.45 bits per heavy atom. The van der Waals surface area contributed by atoms with E-state index >= 15 is 0 Å². The first-order valence-corrected chi connectivity index (χ1v) is 14.2. The number of aliphatic hydroxyl groups excluding tert-OH is 1. The molecule has 0 aromatic heterocycles. The second-order valence-corrected chi connectivity index (χ2v) is 15.3. The molecule has 5 fully saturated rings. The number of ether oxygens (including phenoxy) is 1. The fraction of sp³-hybridized carbons (Fsp3) is 1.00. The average Bonchev–Trinajstić information content (AvgIpc) is 3.15. The SMILES string of the molecule is CC1(C)OC1CC[C@](C)(O)[C@H]1CC[C@]2(C)[C@@H]1CC[C@@H]1[C@@]3(C)CC[C@H](O)C(C)(C)[C@@H]3CC[C@]12C. The summed E-state index contributed by atoms with van der Waals surface area (Å²) < 4.78 is 5.83. The van der Waals surface area contributed by atoms with Crippen LogP contribution < -0.4 is 0 Å². The van der Waals surface area contributed by atoms with Crippen molar-refractivity contribution < 1.29 is 14.9 Å². The van der Waals surface area contributed by atoms with E-state index in [1.54, 1.807) is 0 Å². The van der Waals surface area contributed by atoms with Crippen molar-refractivity contribution in [1.29, 1.82) is 0 Å². The standard InChI is InChI=1S/C30H52O3/c1-25(2)21-12-17-29(7)22(27(21,5)15-13-23(25)31)10-9-19-20(11-16-28(19,29)6)30(8,32)18-14-24-26(3,4)33-24/h19-24,31-32H,9-18H2,1-8H3/t19-,20+,21+,22-,23+,24?,27+,28-,29-,30+/m1/s1. The molecule has 33 heavy (non-hydrogen) atoms. The fourth-order valence-corrected chi connectivity index (χ4v) is 10.8. The summed E-state index contributed by atoms with van der Waals surface area (Å²) in [5.74, 6) is 2.40. The van der Waals surface area contributed by atoms with Crippen LogP contribution >= 0.6 is 0 Å². The molecular weight excluding hydrogens is 408 g/mol. The number of rotatable bonds is 4. The number of hydrogen-bond acceptors (Lipinski definition) is 3.